The van der Waals surface area contributed by atoms with Crippen molar-refractivity contribution in [2.45, 2.75) is 39.3 Å². The van der Waals surface area contributed by atoms with Crippen LogP contribution in [-0.2, 0) is 18.3 Å². The van der Waals surface area contributed by atoms with Crippen LogP contribution < -0.4 is 0 Å². The lowest BCUT2D eigenvalue weighted by Gasteiger charge is -2.35. The summed E-state index contributed by atoms with van der Waals surface area (Å²) in [7, 11) is 1.95. The molecule has 0 bridgehead atoms. The molecule has 128 valence electrons. The Kier molecular flexibility index (Phi) is 4.36. The molecule has 0 radical (unpaired) electrons. The van der Waals surface area contributed by atoms with Crippen molar-refractivity contribution in [1.29, 1.82) is 0 Å². The van der Waals surface area contributed by atoms with Gasteiger partial charge in [-0.1, -0.05) is 0 Å². The summed E-state index contributed by atoms with van der Waals surface area (Å²) >= 11 is 0. The van der Waals surface area contributed by atoms with E-state index in [0.717, 1.165) is 39.1 Å². The number of carbonyl (C=O) groups excluding carboxylic acids is 1. The van der Waals surface area contributed by atoms with Crippen molar-refractivity contribution in [2.75, 3.05) is 26.2 Å². The topological polar surface area (TPSA) is 50.6 Å². The molecule has 0 aliphatic carbocycles. The standard InChI is InChI=1S/C17H28N4O2/c1-17(2,3)23-16(22)21-6-5-14-10-20(11-15(14)12-21)9-13-7-18-19(4)8-13/h7-8,14-15H,5-6,9-12H2,1-4H3. The quantitative estimate of drug-likeness (QED) is 0.837. The van der Waals surface area contributed by atoms with Crippen LogP contribution in [0.15, 0.2) is 12.4 Å². The lowest BCUT2D eigenvalue weighted by atomic mass is 9.89. The van der Waals surface area contributed by atoms with Crippen molar-refractivity contribution >= 4 is 6.09 Å². The predicted octanol–water partition coefficient (Wildman–Crippen LogP) is 2.11. The number of likely N-dealkylation sites (tertiary alicyclic amines) is 2. The number of rotatable bonds is 2. The van der Waals surface area contributed by atoms with Crippen LogP contribution in [0.1, 0.15) is 32.8 Å². The summed E-state index contributed by atoms with van der Waals surface area (Å²) in [5.74, 6) is 1.26. The third kappa shape index (κ3) is 4.05. The highest BCUT2D eigenvalue weighted by Gasteiger charge is 2.39. The minimum atomic E-state index is -0.421. The van der Waals surface area contributed by atoms with E-state index >= 15 is 0 Å². The molecule has 2 aliphatic heterocycles. The van der Waals surface area contributed by atoms with Gasteiger partial charge in [0, 0.05) is 51.5 Å². The van der Waals surface area contributed by atoms with Crippen molar-refractivity contribution in [1.82, 2.24) is 19.6 Å². The summed E-state index contributed by atoms with van der Waals surface area (Å²) < 4.78 is 7.36. The highest BCUT2D eigenvalue weighted by molar-refractivity contribution is 5.68. The summed E-state index contributed by atoms with van der Waals surface area (Å²) in [4.78, 5) is 16.6. The van der Waals surface area contributed by atoms with Crippen molar-refractivity contribution in [3.63, 3.8) is 0 Å². The molecule has 0 N–H and O–H groups in total. The number of carbonyl (C=O) groups is 1. The van der Waals surface area contributed by atoms with Crippen molar-refractivity contribution in [2.24, 2.45) is 18.9 Å². The number of nitrogens with zero attached hydrogens (tertiary/aromatic N) is 4. The zero-order chi connectivity index (χ0) is 16.6. The van der Waals surface area contributed by atoms with E-state index in [2.05, 4.69) is 16.2 Å². The Morgan fingerprint density at radius 1 is 1.30 bits per heavy atom. The van der Waals surface area contributed by atoms with Crippen LogP contribution in [0.5, 0.6) is 0 Å². The molecule has 0 spiro atoms. The molecule has 0 aromatic carbocycles. The molecule has 3 heterocycles. The number of aromatic nitrogens is 2. The molecule has 6 heteroatoms. The molecule has 1 amide bonds. The first-order chi connectivity index (χ1) is 10.8. The first-order valence-electron chi connectivity index (χ1n) is 8.48. The Hall–Kier alpha value is -1.56. The summed E-state index contributed by atoms with van der Waals surface area (Å²) in [6.45, 7) is 10.5. The first-order valence-corrected chi connectivity index (χ1v) is 8.48. The molecule has 2 saturated heterocycles. The van der Waals surface area contributed by atoms with Gasteiger partial charge >= 0.3 is 6.09 Å². The number of ether oxygens (including phenoxy) is 1. The SMILES string of the molecule is Cn1cc(CN2CC3CCN(C(=O)OC(C)(C)C)CC3C2)cn1. The monoisotopic (exact) mass is 320 g/mol. The maximum Gasteiger partial charge on any atom is 0.410 e. The molecule has 0 saturated carbocycles. The number of fused-ring (bicyclic) bond motifs is 1. The van der Waals surface area contributed by atoms with Gasteiger partial charge in [0.2, 0.25) is 0 Å². The molecule has 2 aliphatic rings. The number of hydrogen-bond acceptors (Lipinski definition) is 4. The third-order valence-electron chi connectivity index (χ3n) is 4.69. The molecule has 3 rings (SSSR count). The smallest absolute Gasteiger partial charge is 0.410 e. The number of aryl methyl sites for hydroxylation is 1. The first kappa shape index (κ1) is 16.3. The molecule has 23 heavy (non-hydrogen) atoms. The van der Waals surface area contributed by atoms with Gasteiger partial charge in [0.05, 0.1) is 6.20 Å². The van der Waals surface area contributed by atoms with Gasteiger partial charge in [-0.15, -0.1) is 0 Å². The second-order valence-electron chi connectivity index (χ2n) is 7.95. The Morgan fingerprint density at radius 3 is 2.70 bits per heavy atom. The molecule has 2 fully saturated rings. The largest absolute Gasteiger partial charge is 0.444 e. The predicted molar refractivity (Wildman–Crippen MR) is 87.9 cm³/mol. The lowest BCUT2D eigenvalue weighted by Crippen LogP contribution is -2.45. The zero-order valence-corrected chi connectivity index (χ0v) is 14.7. The van der Waals surface area contributed by atoms with E-state index in [0.29, 0.717) is 11.8 Å². The van der Waals surface area contributed by atoms with Crippen LogP contribution in [0.25, 0.3) is 0 Å². The van der Waals surface area contributed by atoms with Gasteiger partial charge in [0.25, 0.3) is 0 Å². The molecule has 2 unspecified atom stereocenters. The van der Waals surface area contributed by atoms with Gasteiger partial charge in [-0.2, -0.15) is 5.10 Å². The number of amides is 1. The van der Waals surface area contributed by atoms with E-state index in [1.807, 2.05) is 43.6 Å². The minimum Gasteiger partial charge on any atom is -0.444 e. The molecule has 2 atom stereocenters. The fourth-order valence-electron chi connectivity index (χ4n) is 3.70. The molecule has 6 nitrogen and oxygen atoms in total. The summed E-state index contributed by atoms with van der Waals surface area (Å²) in [5, 5.41) is 4.24. The second-order valence-corrected chi connectivity index (χ2v) is 7.95. The Balaban J connectivity index is 1.54. The van der Waals surface area contributed by atoms with E-state index in [-0.39, 0.29) is 6.09 Å². The normalized spacial score (nSPS) is 25.5. The van der Waals surface area contributed by atoms with Crippen LogP contribution in [-0.4, -0.2) is 57.5 Å². The summed E-state index contributed by atoms with van der Waals surface area (Å²) in [6.07, 6.45) is 4.93. The fraction of sp³-hybridized carbons (Fsp3) is 0.765. The van der Waals surface area contributed by atoms with Crippen LogP contribution in [0.2, 0.25) is 0 Å². The summed E-state index contributed by atoms with van der Waals surface area (Å²) in [5.41, 5.74) is 0.839. The van der Waals surface area contributed by atoms with Gasteiger partial charge in [-0.3, -0.25) is 9.58 Å². The van der Waals surface area contributed by atoms with Crippen LogP contribution in [0, 0.1) is 11.8 Å². The van der Waals surface area contributed by atoms with E-state index in [1.54, 1.807) is 0 Å². The Labute approximate surface area is 138 Å². The Bertz CT molecular complexity index is 563. The molecular formula is C17H28N4O2. The van der Waals surface area contributed by atoms with Gasteiger partial charge in [-0.25, -0.2) is 4.79 Å². The molecule has 1 aromatic rings. The van der Waals surface area contributed by atoms with Crippen LogP contribution in [0.4, 0.5) is 4.79 Å². The second kappa shape index (κ2) is 6.15. The highest BCUT2D eigenvalue weighted by Crippen LogP contribution is 2.32. The van der Waals surface area contributed by atoms with Crippen LogP contribution >= 0.6 is 0 Å². The number of hydrogen-bond donors (Lipinski definition) is 0. The van der Waals surface area contributed by atoms with Gasteiger partial charge in [0.15, 0.2) is 0 Å². The van der Waals surface area contributed by atoms with E-state index in [9.17, 15) is 4.79 Å². The Morgan fingerprint density at radius 2 is 2.04 bits per heavy atom. The zero-order valence-electron chi connectivity index (χ0n) is 14.7. The van der Waals surface area contributed by atoms with Crippen molar-refractivity contribution in [3.05, 3.63) is 18.0 Å². The van der Waals surface area contributed by atoms with Crippen molar-refractivity contribution < 1.29 is 9.53 Å². The van der Waals surface area contributed by atoms with Gasteiger partial charge < -0.3 is 9.64 Å². The maximum absolute atomic E-state index is 12.3. The van der Waals surface area contributed by atoms with Gasteiger partial charge in [0.1, 0.15) is 5.60 Å². The fourth-order valence-corrected chi connectivity index (χ4v) is 3.70. The van der Waals surface area contributed by atoms with E-state index < -0.39 is 5.60 Å². The van der Waals surface area contributed by atoms with E-state index in [4.69, 9.17) is 4.74 Å². The minimum absolute atomic E-state index is 0.165. The molecule has 1 aromatic heterocycles. The number of piperidine rings is 1. The van der Waals surface area contributed by atoms with Crippen molar-refractivity contribution in [3.8, 4) is 0 Å². The average Bonchev–Trinajstić information content (AvgIpc) is 3.01. The van der Waals surface area contributed by atoms with E-state index in [1.165, 1.54) is 5.56 Å². The lowest BCUT2D eigenvalue weighted by molar-refractivity contribution is 0.0139. The molecular weight excluding hydrogens is 292 g/mol. The highest BCUT2D eigenvalue weighted by atomic mass is 16.6. The van der Waals surface area contributed by atoms with Gasteiger partial charge in [-0.05, 0) is 39.0 Å². The maximum atomic E-state index is 12.3. The summed E-state index contributed by atoms with van der Waals surface area (Å²) in [6, 6.07) is 0. The average molecular weight is 320 g/mol. The third-order valence-corrected chi connectivity index (χ3v) is 4.69. The van der Waals surface area contributed by atoms with Crippen LogP contribution in [0.3, 0.4) is 0 Å².